The number of carbonyl (C=O) groups excluding carboxylic acids is 1. The average Bonchev–Trinajstić information content (AvgIpc) is 3.09. The Bertz CT molecular complexity index is 399. The SMILES string of the molecule is Cc1cc(C(=O)NCC2CC2)ccc1NN. The van der Waals surface area contributed by atoms with Gasteiger partial charge < -0.3 is 10.7 Å². The number of benzene rings is 1. The minimum absolute atomic E-state index is 0.00132. The highest BCUT2D eigenvalue weighted by Crippen LogP contribution is 2.27. The summed E-state index contributed by atoms with van der Waals surface area (Å²) in [5.74, 6) is 6.04. The number of rotatable bonds is 4. The Morgan fingerprint density at radius 2 is 2.25 bits per heavy atom. The summed E-state index contributed by atoms with van der Waals surface area (Å²) in [6, 6.07) is 5.45. The predicted octanol–water partition coefficient (Wildman–Crippen LogP) is 1.42. The zero-order chi connectivity index (χ0) is 11.5. The largest absolute Gasteiger partial charge is 0.352 e. The summed E-state index contributed by atoms with van der Waals surface area (Å²) >= 11 is 0. The number of anilines is 1. The highest BCUT2D eigenvalue weighted by atomic mass is 16.1. The van der Waals surface area contributed by atoms with Crippen LogP contribution in [0.3, 0.4) is 0 Å². The van der Waals surface area contributed by atoms with Gasteiger partial charge in [0.05, 0.1) is 5.69 Å². The van der Waals surface area contributed by atoms with Crippen LogP contribution < -0.4 is 16.6 Å². The lowest BCUT2D eigenvalue weighted by Gasteiger charge is -2.08. The molecule has 0 spiro atoms. The van der Waals surface area contributed by atoms with E-state index in [0.717, 1.165) is 17.8 Å². The summed E-state index contributed by atoms with van der Waals surface area (Å²) in [5, 5.41) is 2.93. The van der Waals surface area contributed by atoms with Crippen molar-refractivity contribution in [2.75, 3.05) is 12.0 Å². The van der Waals surface area contributed by atoms with E-state index < -0.39 is 0 Å². The van der Waals surface area contributed by atoms with Gasteiger partial charge in [-0.25, -0.2) is 0 Å². The lowest BCUT2D eigenvalue weighted by Crippen LogP contribution is -2.25. The third kappa shape index (κ3) is 2.52. The first-order valence-corrected chi connectivity index (χ1v) is 5.56. The fraction of sp³-hybridized carbons (Fsp3) is 0.417. The quantitative estimate of drug-likeness (QED) is 0.530. The van der Waals surface area contributed by atoms with Crippen LogP contribution in [0.15, 0.2) is 18.2 Å². The van der Waals surface area contributed by atoms with E-state index in [-0.39, 0.29) is 5.91 Å². The number of carbonyl (C=O) groups is 1. The zero-order valence-electron chi connectivity index (χ0n) is 9.42. The third-order valence-corrected chi connectivity index (χ3v) is 2.89. The molecule has 0 bridgehead atoms. The molecule has 4 heteroatoms. The van der Waals surface area contributed by atoms with Crippen LogP contribution in [0.1, 0.15) is 28.8 Å². The van der Waals surface area contributed by atoms with E-state index in [0.29, 0.717) is 11.5 Å². The van der Waals surface area contributed by atoms with Gasteiger partial charge in [0.1, 0.15) is 0 Å². The third-order valence-electron chi connectivity index (χ3n) is 2.89. The first kappa shape index (κ1) is 11.0. The van der Waals surface area contributed by atoms with Crippen molar-refractivity contribution in [2.24, 2.45) is 11.8 Å². The Balaban J connectivity index is 2.01. The van der Waals surface area contributed by atoms with Crippen molar-refractivity contribution < 1.29 is 4.79 Å². The van der Waals surface area contributed by atoms with E-state index in [1.165, 1.54) is 12.8 Å². The minimum atomic E-state index is -0.00132. The first-order valence-electron chi connectivity index (χ1n) is 5.56. The monoisotopic (exact) mass is 219 g/mol. The van der Waals surface area contributed by atoms with Gasteiger partial charge >= 0.3 is 0 Å². The number of aryl methyl sites for hydroxylation is 1. The second-order valence-electron chi connectivity index (χ2n) is 4.33. The summed E-state index contributed by atoms with van der Waals surface area (Å²) in [5.41, 5.74) is 5.10. The van der Waals surface area contributed by atoms with Crippen molar-refractivity contribution in [2.45, 2.75) is 19.8 Å². The van der Waals surface area contributed by atoms with Gasteiger partial charge in [-0.05, 0) is 49.4 Å². The molecule has 4 nitrogen and oxygen atoms in total. The molecule has 1 amide bonds. The Hall–Kier alpha value is -1.55. The molecule has 0 atom stereocenters. The normalized spacial score (nSPS) is 14.6. The van der Waals surface area contributed by atoms with E-state index in [4.69, 9.17) is 5.84 Å². The maximum atomic E-state index is 11.8. The topological polar surface area (TPSA) is 67.2 Å². The Morgan fingerprint density at radius 1 is 1.50 bits per heavy atom. The van der Waals surface area contributed by atoms with Crippen molar-refractivity contribution in [3.8, 4) is 0 Å². The van der Waals surface area contributed by atoms with Gasteiger partial charge in [0.25, 0.3) is 5.91 Å². The van der Waals surface area contributed by atoms with Crippen molar-refractivity contribution >= 4 is 11.6 Å². The van der Waals surface area contributed by atoms with Crippen LogP contribution >= 0.6 is 0 Å². The molecule has 1 aromatic rings. The van der Waals surface area contributed by atoms with Crippen molar-refractivity contribution in [3.63, 3.8) is 0 Å². The molecule has 86 valence electrons. The van der Waals surface area contributed by atoms with Gasteiger partial charge in [0, 0.05) is 12.1 Å². The van der Waals surface area contributed by atoms with Gasteiger partial charge in [-0.15, -0.1) is 0 Å². The van der Waals surface area contributed by atoms with E-state index >= 15 is 0 Å². The maximum Gasteiger partial charge on any atom is 0.251 e. The fourth-order valence-corrected chi connectivity index (χ4v) is 1.63. The lowest BCUT2D eigenvalue weighted by atomic mass is 10.1. The van der Waals surface area contributed by atoms with Crippen LogP contribution in [-0.2, 0) is 0 Å². The van der Waals surface area contributed by atoms with Crippen molar-refractivity contribution in [1.29, 1.82) is 0 Å². The molecular formula is C12H17N3O. The Kier molecular flexibility index (Phi) is 3.10. The molecule has 0 heterocycles. The standard InChI is InChI=1S/C12H17N3O/c1-8-6-10(4-5-11(8)15-13)12(16)14-7-9-2-3-9/h4-6,9,15H,2-3,7,13H2,1H3,(H,14,16). The average molecular weight is 219 g/mol. The summed E-state index contributed by atoms with van der Waals surface area (Å²) in [4.78, 5) is 11.8. The maximum absolute atomic E-state index is 11.8. The zero-order valence-corrected chi connectivity index (χ0v) is 9.42. The lowest BCUT2D eigenvalue weighted by molar-refractivity contribution is 0.0952. The molecule has 0 saturated heterocycles. The van der Waals surface area contributed by atoms with E-state index in [9.17, 15) is 4.79 Å². The number of nitrogens with one attached hydrogen (secondary N) is 2. The molecular weight excluding hydrogens is 202 g/mol. The highest BCUT2D eigenvalue weighted by molar-refractivity contribution is 5.94. The van der Waals surface area contributed by atoms with Crippen LogP contribution in [0.2, 0.25) is 0 Å². The smallest absolute Gasteiger partial charge is 0.251 e. The predicted molar refractivity (Wildman–Crippen MR) is 64.0 cm³/mol. The molecule has 2 rings (SSSR count). The minimum Gasteiger partial charge on any atom is -0.352 e. The van der Waals surface area contributed by atoms with Crippen molar-refractivity contribution in [1.82, 2.24) is 5.32 Å². The molecule has 1 saturated carbocycles. The van der Waals surface area contributed by atoms with Gasteiger partial charge in [-0.2, -0.15) is 0 Å². The van der Waals surface area contributed by atoms with Gasteiger partial charge in [0.15, 0.2) is 0 Å². The van der Waals surface area contributed by atoms with Crippen LogP contribution in [0.25, 0.3) is 0 Å². The van der Waals surface area contributed by atoms with Crippen molar-refractivity contribution in [3.05, 3.63) is 29.3 Å². The Labute approximate surface area is 95.2 Å². The van der Waals surface area contributed by atoms with E-state index in [1.54, 1.807) is 6.07 Å². The molecule has 0 aliphatic heterocycles. The van der Waals surface area contributed by atoms with Gasteiger partial charge in [-0.3, -0.25) is 10.6 Å². The van der Waals surface area contributed by atoms with Crippen LogP contribution in [0, 0.1) is 12.8 Å². The summed E-state index contributed by atoms with van der Waals surface area (Å²) < 4.78 is 0. The van der Waals surface area contributed by atoms with Gasteiger partial charge in [0.2, 0.25) is 0 Å². The van der Waals surface area contributed by atoms with Crippen LogP contribution in [0.4, 0.5) is 5.69 Å². The van der Waals surface area contributed by atoms with Gasteiger partial charge in [-0.1, -0.05) is 0 Å². The molecule has 1 aliphatic rings. The number of hydrazine groups is 1. The Morgan fingerprint density at radius 3 is 2.81 bits per heavy atom. The number of hydrogen-bond acceptors (Lipinski definition) is 3. The molecule has 0 aromatic heterocycles. The summed E-state index contributed by atoms with van der Waals surface area (Å²) in [6.07, 6.45) is 2.49. The number of nitrogen functional groups attached to an aromatic ring is 1. The molecule has 16 heavy (non-hydrogen) atoms. The molecule has 1 aliphatic carbocycles. The van der Waals surface area contributed by atoms with Crippen LogP contribution in [-0.4, -0.2) is 12.5 Å². The van der Waals surface area contributed by atoms with Crippen LogP contribution in [0.5, 0.6) is 0 Å². The van der Waals surface area contributed by atoms with E-state index in [2.05, 4.69) is 10.7 Å². The number of amides is 1. The number of nitrogens with two attached hydrogens (primary N) is 1. The number of hydrogen-bond donors (Lipinski definition) is 3. The molecule has 4 N–H and O–H groups in total. The van der Waals surface area contributed by atoms with E-state index in [1.807, 2.05) is 19.1 Å². The summed E-state index contributed by atoms with van der Waals surface area (Å²) in [6.45, 7) is 2.72. The molecule has 0 unspecified atom stereocenters. The second-order valence-corrected chi connectivity index (χ2v) is 4.33. The fourth-order valence-electron chi connectivity index (χ4n) is 1.63. The second kappa shape index (κ2) is 4.53. The molecule has 1 aromatic carbocycles. The first-order chi connectivity index (χ1) is 7.70. The molecule has 0 radical (unpaired) electrons. The highest BCUT2D eigenvalue weighted by Gasteiger charge is 2.21. The molecule has 1 fully saturated rings. The summed E-state index contributed by atoms with van der Waals surface area (Å²) in [7, 11) is 0.